The number of hydrogen-bond donors (Lipinski definition) is 0. The van der Waals surface area contributed by atoms with Crippen LogP contribution in [-0.4, -0.2) is 49.7 Å². The van der Waals surface area contributed by atoms with Crippen molar-refractivity contribution in [3.05, 3.63) is 29.6 Å². The molecule has 2 aliphatic rings. The Bertz CT molecular complexity index is 742. The maximum Gasteiger partial charge on any atom is 0.246 e. The Morgan fingerprint density at radius 2 is 1.61 bits per heavy atom. The van der Waals surface area contributed by atoms with Gasteiger partial charge < -0.3 is 4.90 Å². The van der Waals surface area contributed by atoms with E-state index in [9.17, 15) is 26.4 Å². The van der Waals surface area contributed by atoms with Gasteiger partial charge in [-0.1, -0.05) is 0 Å². The zero-order valence-corrected chi connectivity index (χ0v) is 13.0. The largest absolute Gasteiger partial charge is 0.340 e. The second-order valence-corrected chi connectivity index (χ2v) is 7.58. The van der Waals surface area contributed by atoms with Crippen LogP contribution in [0.15, 0.2) is 17.0 Å². The van der Waals surface area contributed by atoms with Crippen molar-refractivity contribution in [2.24, 2.45) is 5.92 Å². The Morgan fingerprint density at radius 3 is 2.17 bits per heavy atom. The van der Waals surface area contributed by atoms with Crippen LogP contribution >= 0.6 is 0 Å². The second kappa shape index (κ2) is 5.79. The molecule has 1 aromatic carbocycles. The molecule has 5 nitrogen and oxygen atoms in total. The van der Waals surface area contributed by atoms with E-state index in [4.69, 9.17) is 0 Å². The van der Waals surface area contributed by atoms with Crippen LogP contribution in [0, 0.1) is 23.4 Å². The molecule has 0 aromatic heterocycles. The predicted molar refractivity (Wildman–Crippen MR) is 74.4 cm³/mol. The van der Waals surface area contributed by atoms with E-state index in [0.29, 0.717) is 12.1 Å². The Morgan fingerprint density at radius 1 is 1.00 bits per heavy atom. The summed E-state index contributed by atoms with van der Waals surface area (Å²) in [5, 5.41) is 0. The summed E-state index contributed by atoms with van der Waals surface area (Å²) >= 11 is 0. The van der Waals surface area contributed by atoms with Crippen LogP contribution in [0.1, 0.15) is 12.8 Å². The molecule has 126 valence electrons. The maximum atomic E-state index is 13.7. The van der Waals surface area contributed by atoms with Gasteiger partial charge in [0.25, 0.3) is 0 Å². The lowest BCUT2D eigenvalue weighted by molar-refractivity contribution is -0.133. The van der Waals surface area contributed by atoms with Gasteiger partial charge in [0.05, 0.1) is 0 Å². The number of rotatable bonds is 3. The van der Waals surface area contributed by atoms with Crippen molar-refractivity contribution in [2.45, 2.75) is 17.7 Å². The fraction of sp³-hybridized carbons (Fsp3) is 0.500. The van der Waals surface area contributed by atoms with E-state index in [1.54, 1.807) is 4.90 Å². The van der Waals surface area contributed by atoms with E-state index in [1.807, 2.05) is 0 Å². The van der Waals surface area contributed by atoms with Crippen LogP contribution in [-0.2, 0) is 14.8 Å². The molecule has 1 heterocycles. The number of carbonyl (C=O) groups is 1. The molecule has 0 atom stereocenters. The number of sulfonamides is 1. The topological polar surface area (TPSA) is 57.7 Å². The molecule has 1 aliphatic carbocycles. The molecule has 1 aliphatic heterocycles. The number of benzene rings is 1. The smallest absolute Gasteiger partial charge is 0.246 e. The average molecular weight is 348 g/mol. The highest BCUT2D eigenvalue weighted by molar-refractivity contribution is 7.89. The molecule has 2 fully saturated rings. The van der Waals surface area contributed by atoms with Gasteiger partial charge in [0, 0.05) is 32.1 Å². The van der Waals surface area contributed by atoms with Crippen LogP contribution in [0.4, 0.5) is 13.2 Å². The minimum Gasteiger partial charge on any atom is -0.340 e. The predicted octanol–water partition coefficient (Wildman–Crippen LogP) is 1.35. The summed E-state index contributed by atoms with van der Waals surface area (Å²) in [6.07, 6.45) is 1.72. The SMILES string of the molecule is O=C(C1CC1)N1CCN(S(=O)(=O)c2ccc(F)c(F)c2F)CC1. The monoisotopic (exact) mass is 348 g/mol. The first kappa shape index (κ1) is 16.3. The van der Waals surface area contributed by atoms with Gasteiger partial charge in [0.1, 0.15) is 4.90 Å². The van der Waals surface area contributed by atoms with Gasteiger partial charge in [0.2, 0.25) is 15.9 Å². The highest BCUT2D eigenvalue weighted by Gasteiger charge is 2.37. The number of amides is 1. The van der Waals surface area contributed by atoms with Gasteiger partial charge in [-0.3, -0.25) is 4.79 Å². The van der Waals surface area contributed by atoms with E-state index >= 15 is 0 Å². The molecule has 0 radical (unpaired) electrons. The zero-order chi connectivity index (χ0) is 16.8. The summed E-state index contributed by atoms with van der Waals surface area (Å²) in [5.74, 6) is -4.92. The summed E-state index contributed by atoms with van der Waals surface area (Å²) in [6, 6.07) is 1.29. The molecule has 1 saturated carbocycles. The van der Waals surface area contributed by atoms with Crippen molar-refractivity contribution in [2.75, 3.05) is 26.2 Å². The highest BCUT2D eigenvalue weighted by atomic mass is 32.2. The Labute approximate surface area is 131 Å². The van der Waals surface area contributed by atoms with Gasteiger partial charge in [-0.15, -0.1) is 0 Å². The van der Waals surface area contributed by atoms with Crippen molar-refractivity contribution < 1.29 is 26.4 Å². The normalized spacial score (nSPS) is 19.9. The number of halogens is 3. The third-order valence-corrected chi connectivity index (χ3v) is 6.01. The number of piperazine rings is 1. The fourth-order valence-electron chi connectivity index (χ4n) is 2.58. The molecular formula is C14H15F3N2O3S. The summed E-state index contributed by atoms with van der Waals surface area (Å²) in [7, 11) is -4.27. The molecule has 0 unspecified atom stereocenters. The first-order valence-corrected chi connectivity index (χ1v) is 8.69. The molecule has 0 bridgehead atoms. The lowest BCUT2D eigenvalue weighted by Crippen LogP contribution is -2.51. The summed E-state index contributed by atoms with van der Waals surface area (Å²) in [6.45, 7) is 0.415. The van der Waals surface area contributed by atoms with Crippen molar-refractivity contribution in [1.82, 2.24) is 9.21 Å². The second-order valence-electron chi connectivity index (χ2n) is 5.68. The van der Waals surface area contributed by atoms with E-state index in [2.05, 4.69) is 0 Å². The third-order valence-electron chi connectivity index (χ3n) is 4.09. The first-order chi connectivity index (χ1) is 10.8. The van der Waals surface area contributed by atoms with Crippen molar-refractivity contribution in [3.63, 3.8) is 0 Å². The van der Waals surface area contributed by atoms with E-state index in [-0.39, 0.29) is 38.0 Å². The van der Waals surface area contributed by atoms with Crippen LogP contribution in [0.2, 0.25) is 0 Å². The van der Waals surface area contributed by atoms with E-state index in [1.165, 1.54) is 0 Å². The molecule has 1 amide bonds. The standard InChI is InChI=1S/C14H15F3N2O3S/c15-10-3-4-11(13(17)12(10)16)23(21,22)19-7-5-18(6-8-19)14(20)9-1-2-9/h3-4,9H,1-2,5-8H2. The van der Waals surface area contributed by atoms with Crippen LogP contribution in [0.3, 0.4) is 0 Å². The number of nitrogens with zero attached hydrogens (tertiary/aromatic N) is 2. The van der Waals surface area contributed by atoms with E-state index in [0.717, 1.165) is 17.1 Å². The maximum absolute atomic E-state index is 13.7. The van der Waals surface area contributed by atoms with Gasteiger partial charge >= 0.3 is 0 Å². The first-order valence-electron chi connectivity index (χ1n) is 7.25. The molecule has 0 spiro atoms. The zero-order valence-electron chi connectivity index (χ0n) is 12.1. The quantitative estimate of drug-likeness (QED) is 0.775. The minimum atomic E-state index is -4.27. The van der Waals surface area contributed by atoms with Gasteiger partial charge in [-0.25, -0.2) is 21.6 Å². The van der Waals surface area contributed by atoms with Crippen molar-refractivity contribution >= 4 is 15.9 Å². The van der Waals surface area contributed by atoms with Crippen LogP contribution in [0.5, 0.6) is 0 Å². The number of hydrogen-bond acceptors (Lipinski definition) is 3. The number of carbonyl (C=O) groups excluding carboxylic acids is 1. The minimum absolute atomic E-state index is 0.000765. The van der Waals surface area contributed by atoms with Crippen molar-refractivity contribution in [1.29, 1.82) is 0 Å². The van der Waals surface area contributed by atoms with E-state index < -0.39 is 32.4 Å². The molecule has 1 aromatic rings. The van der Waals surface area contributed by atoms with Crippen LogP contribution in [0.25, 0.3) is 0 Å². The average Bonchev–Trinajstić information content (AvgIpc) is 3.36. The van der Waals surface area contributed by atoms with Gasteiger partial charge in [-0.05, 0) is 25.0 Å². The lowest BCUT2D eigenvalue weighted by Gasteiger charge is -2.34. The summed E-state index contributed by atoms with van der Waals surface area (Å²) < 4.78 is 65.7. The van der Waals surface area contributed by atoms with Crippen LogP contribution < -0.4 is 0 Å². The van der Waals surface area contributed by atoms with Gasteiger partial charge in [-0.2, -0.15) is 4.31 Å². The lowest BCUT2D eigenvalue weighted by atomic mass is 10.3. The third kappa shape index (κ3) is 2.94. The molecule has 1 saturated heterocycles. The molecule has 0 N–H and O–H groups in total. The highest BCUT2D eigenvalue weighted by Crippen LogP contribution is 2.31. The Kier molecular flexibility index (Phi) is 4.09. The van der Waals surface area contributed by atoms with Crippen molar-refractivity contribution in [3.8, 4) is 0 Å². The summed E-state index contributed by atoms with van der Waals surface area (Å²) in [5.41, 5.74) is 0. The molecule has 9 heteroatoms. The summed E-state index contributed by atoms with van der Waals surface area (Å²) in [4.78, 5) is 12.6. The molecular weight excluding hydrogens is 333 g/mol. The molecule has 23 heavy (non-hydrogen) atoms. The van der Waals surface area contributed by atoms with Gasteiger partial charge in [0.15, 0.2) is 17.5 Å². The fourth-order valence-corrected chi connectivity index (χ4v) is 4.06. The Hall–Kier alpha value is -1.61. The Balaban J connectivity index is 1.76. The molecule has 3 rings (SSSR count).